The third-order valence-electron chi connectivity index (χ3n) is 4.13. The van der Waals surface area contributed by atoms with E-state index in [-0.39, 0.29) is 5.95 Å². The van der Waals surface area contributed by atoms with Gasteiger partial charge in [-0.25, -0.2) is 9.97 Å². The van der Waals surface area contributed by atoms with E-state index in [2.05, 4.69) is 34.7 Å². The Morgan fingerprint density at radius 2 is 1.24 bits per heavy atom. The van der Waals surface area contributed by atoms with Crippen LogP contribution in [-0.4, -0.2) is 77.5 Å². The van der Waals surface area contributed by atoms with Gasteiger partial charge in [-0.15, -0.1) is 0 Å². The second kappa shape index (κ2) is 7.11. The van der Waals surface area contributed by atoms with Crippen LogP contribution in [0.15, 0.2) is 12.4 Å². The quantitative estimate of drug-likeness (QED) is 0.787. The van der Waals surface area contributed by atoms with Gasteiger partial charge in [0.1, 0.15) is 0 Å². The van der Waals surface area contributed by atoms with Gasteiger partial charge in [-0.2, -0.15) is 15.0 Å². The number of hydrogen-bond donors (Lipinski definition) is 1. The highest BCUT2D eigenvalue weighted by molar-refractivity contribution is 5.57. The number of morpholine rings is 2. The normalized spacial score (nSPS) is 18.4. The molecule has 4 heterocycles. The standard InChI is InChI=1S/C15H20N8O2/c16-13-17-9-11(10-18-13)12-19-14(22-1-5-24-6-2-22)21-15(20-12)23-3-7-25-8-4-23/h9-10H,1-8H2,(H2,16,17,18). The maximum Gasteiger partial charge on any atom is 0.230 e. The van der Waals surface area contributed by atoms with E-state index in [0.717, 1.165) is 26.2 Å². The summed E-state index contributed by atoms with van der Waals surface area (Å²) in [6.45, 7) is 5.68. The summed E-state index contributed by atoms with van der Waals surface area (Å²) in [5, 5.41) is 0. The molecule has 10 heteroatoms. The molecule has 0 unspecified atom stereocenters. The summed E-state index contributed by atoms with van der Waals surface area (Å²) in [4.78, 5) is 26.2. The van der Waals surface area contributed by atoms with Crippen LogP contribution in [0, 0.1) is 0 Å². The van der Waals surface area contributed by atoms with Gasteiger partial charge in [0, 0.05) is 38.6 Å². The van der Waals surface area contributed by atoms with Crippen molar-refractivity contribution in [2.45, 2.75) is 0 Å². The molecule has 132 valence electrons. The van der Waals surface area contributed by atoms with E-state index >= 15 is 0 Å². The van der Waals surface area contributed by atoms with Crippen molar-refractivity contribution >= 4 is 17.8 Å². The fourth-order valence-electron chi connectivity index (χ4n) is 2.75. The van der Waals surface area contributed by atoms with E-state index in [1.54, 1.807) is 12.4 Å². The molecule has 2 aliphatic heterocycles. The van der Waals surface area contributed by atoms with Gasteiger partial charge < -0.3 is 25.0 Å². The molecule has 0 aromatic carbocycles. The zero-order valence-corrected chi connectivity index (χ0v) is 13.8. The van der Waals surface area contributed by atoms with Crippen molar-refractivity contribution in [3.8, 4) is 11.4 Å². The SMILES string of the molecule is Nc1ncc(-c2nc(N3CCOCC3)nc(N3CCOCC3)n2)cn1. The van der Waals surface area contributed by atoms with Crippen LogP contribution in [0.5, 0.6) is 0 Å². The van der Waals surface area contributed by atoms with E-state index in [9.17, 15) is 0 Å². The first-order valence-electron chi connectivity index (χ1n) is 8.29. The molecule has 0 amide bonds. The minimum absolute atomic E-state index is 0.222. The van der Waals surface area contributed by atoms with Gasteiger partial charge in [-0.1, -0.05) is 0 Å². The van der Waals surface area contributed by atoms with Gasteiger partial charge in [0.05, 0.1) is 32.0 Å². The van der Waals surface area contributed by atoms with Gasteiger partial charge in [-0.3, -0.25) is 0 Å². The Morgan fingerprint density at radius 1 is 0.760 bits per heavy atom. The van der Waals surface area contributed by atoms with Crippen molar-refractivity contribution in [1.82, 2.24) is 24.9 Å². The Labute approximate surface area is 145 Å². The fourth-order valence-corrected chi connectivity index (χ4v) is 2.75. The topological polar surface area (TPSA) is 115 Å². The zero-order valence-electron chi connectivity index (χ0n) is 13.8. The molecule has 0 radical (unpaired) electrons. The summed E-state index contributed by atoms with van der Waals surface area (Å²) < 4.78 is 10.8. The van der Waals surface area contributed by atoms with Crippen LogP contribution in [0.25, 0.3) is 11.4 Å². The summed E-state index contributed by atoms with van der Waals surface area (Å²) in [5.74, 6) is 2.05. The molecule has 0 atom stereocenters. The maximum absolute atomic E-state index is 5.58. The Kier molecular flexibility index (Phi) is 4.53. The minimum atomic E-state index is 0.222. The van der Waals surface area contributed by atoms with Crippen molar-refractivity contribution in [2.75, 3.05) is 68.1 Å². The first-order valence-corrected chi connectivity index (χ1v) is 8.29. The van der Waals surface area contributed by atoms with Crippen LogP contribution in [0.1, 0.15) is 0 Å². The highest BCUT2D eigenvalue weighted by Gasteiger charge is 2.21. The monoisotopic (exact) mass is 344 g/mol. The Morgan fingerprint density at radius 3 is 1.72 bits per heavy atom. The summed E-state index contributed by atoms with van der Waals surface area (Å²) >= 11 is 0. The van der Waals surface area contributed by atoms with Crippen molar-refractivity contribution in [3.05, 3.63) is 12.4 Å². The minimum Gasteiger partial charge on any atom is -0.378 e. The average Bonchev–Trinajstić information content (AvgIpc) is 2.69. The number of nitrogens with zero attached hydrogens (tertiary/aromatic N) is 7. The average molecular weight is 344 g/mol. The molecular formula is C15H20N8O2. The van der Waals surface area contributed by atoms with Gasteiger partial charge in [0.25, 0.3) is 0 Å². The Bertz CT molecular complexity index is 678. The third-order valence-corrected chi connectivity index (χ3v) is 4.13. The van der Waals surface area contributed by atoms with Gasteiger partial charge in [-0.05, 0) is 0 Å². The zero-order chi connectivity index (χ0) is 17.1. The Hall–Kier alpha value is -2.59. The highest BCUT2D eigenvalue weighted by Crippen LogP contribution is 2.22. The number of ether oxygens (including phenoxy) is 2. The van der Waals surface area contributed by atoms with Crippen LogP contribution < -0.4 is 15.5 Å². The van der Waals surface area contributed by atoms with Gasteiger partial charge in [0.2, 0.25) is 17.8 Å². The smallest absolute Gasteiger partial charge is 0.230 e. The predicted molar refractivity (Wildman–Crippen MR) is 91.3 cm³/mol. The molecule has 2 N–H and O–H groups in total. The Balaban J connectivity index is 1.72. The molecule has 25 heavy (non-hydrogen) atoms. The molecule has 4 rings (SSSR count). The molecule has 0 spiro atoms. The van der Waals surface area contributed by atoms with E-state index in [1.807, 2.05) is 0 Å². The lowest BCUT2D eigenvalue weighted by atomic mass is 10.3. The molecular weight excluding hydrogens is 324 g/mol. The number of hydrogen-bond acceptors (Lipinski definition) is 10. The lowest BCUT2D eigenvalue weighted by Gasteiger charge is -2.30. The molecule has 10 nitrogen and oxygen atoms in total. The van der Waals surface area contributed by atoms with E-state index in [4.69, 9.17) is 15.2 Å². The number of nitrogens with two attached hydrogens (primary N) is 1. The number of nitrogen functional groups attached to an aromatic ring is 1. The van der Waals surface area contributed by atoms with Crippen LogP contribution in [0.2, 0.25) is 0 Å². The van der Waals surface area contributed by atoms with Crippen LogP contribution in [0.3, 0.4) is 0 Å². The summed E-state index contributed by atoms with van der Waals surface area (Å²) in [6.07, 6.45) is 3.26. The highest BCUT2D eigenvalue weighted by atomic mass is 16.5. The van der Waals surface area contributed by atoms with E-state index in [1.165, 1.54) is 0 Å². The molecule has 2 aromatic heterocycles. The first kappa shape index (κ1) is 15.9. The third kappa shape index (κ3) is 3.59. The van der Waals surface area contributed by atoms with Crippen LogP contribution in [-0.2, 0) is 9.47 Å². The van der Waals surface area contributed by atoms with Crippen molar-refractivity contribution in [3.63, 3.8) is 0 Å². The molecule has 2 aromatic rings. The lowest BCUT2D eigenvalue weighted by Crippen LogP contribution is -2.40. The van der Waals surface area contributed by atoms with Crippen molar-refractivity contribution < 1.29 is 9.47 Å². The van der Waals surface area contributed by atoms with Crippen molar-refractivity contribution in [2.24, 2.45) is 0 Å². The van der Waals surface area contributed by atoms with Gasteiger partial charge >= 0.3 is 0 Å². The summed E-state index contributed by atoms with van der Waals surface area (Å²) in [7, 11) is 0. The maximum atomic E-state index is 5.58. The first-order chi connectivity index (χ1) is 12.3. The second-order valence-corrected chi connectivity index (χ2v) is 5.79. The van der Waals surface area contributed by atoms with E-state index in [0.29, 0.717) is 49.7 Å². The van der Waals surface area contributed by atoms with Crippen LogP contribution >= 0.6 is 0 Å². The summed E-state index contributed by atoms with van der Waals surface area (Å²) in [6, 6.07) is 0. The lowest BCUT2D eigenvalue weighted by molar-refractivity contribution is 0.121. The molecule has 2 aliphatic rings. The van der Waals surface area contributed by atoms with Crippen LogP contribution in [0.4, 0.5) is 17.8 Å². The largest absolute Gasteiger partial charge is 0.378 e. The molecule has 2 fully saturated rings. The predicted octanol–water partition coefficient (Wildman–Crippen LogP) is -0.416. The van der Waals surface area contributed by atoms with E-state index < -0.39 is 0 Å². The molecule has 0 aliphatic carbocycles. The number of aromatic nitrogens is 5. The second-order valence-electron chi connectivity index (χ2n) is 5.79. The van der Waals surface area contributed by atoms with Crippen molar-refractivity contribution in [1.29, 1.82) is 0 Å². The number of anilines is 3. The molecule has 0 bridgehead atoms. The molecule has 0 saturated carbocycles. The molecule has 2 saturated heterocycles. The fraction of sp³-hybridized carbons (Fsp3) is 0.533. The van der Waals surface area contributed by atoms with Gasteiger partial charge in [0.15, 0.2) is 5.82 Å². The summed E-state index contributed by atoms with van der Waals surface area (Å²) in [5.41, 5.74) is 6.29. The number of rotatable bonds is 3.